The maximum atomic E-state index is 12.6. The minimum absolute atomic E-state index is 0.170. The number of carbonyl (C=O) groups excluding carboxylic acids is 2. The molecule has 1 heterocycles. The molecule has 2 unspecified atom stereocenters. The highest BCUT2D eigenvalue weighted by Crippen LogP contribution is 2.27. The van der Waals surface area contributed by atoms with Gasteiger partial charge in [-0.05, 0) is 43.4 Å². The number of aliphatic carboxylic acids is 1. The van der Waals surface area contributed by atoms with Crippen molar-refractivity contribution in [3.05, 3.63) is 42.0 Å². The predicted molar refractivity (Wildman–Crippen MR) is 97.3 cm³/mol. The van der Waals surface area contributed by atoms with Gasteiger partial charge in [0.05, 0.1) is 11.8 Å². The van der Waals surface area contributed by atoms with Gasteiger partial charge in [-0.1, -0.05) is 24.3 Å². The van der Waals surface area contributed by atoms with Crippen molar-refractivity contribution in [2.24, 2.45) is 11.8 Å². The lowest BCUT2D eigenvalue weighted by atomic mass is 9.82. The highest BCUT2D eigenvalue weighted by Gasteiger charge is 2.34. The summed E-state index contributed by atoms with van der Waals surface area (Å²) >= 11 is 0. The normalized spacial score (nSPS) is 22.9. The van der Waals surface area contributed by atoms with Crippen molar-refractivity contribution >= 4 is 23.5 Å². The summed E-state index contributed by atoms with van der Waals surface area (Å²) in [6.45, 7) is 1.30. The summed E-state index contributed by atoms with van der Waals surface area (Å²) in [5.41, 5.74) is 1.59. The van der Waals surface area contributed by atoms with Crippen LogP contribution in [-0.2, 0) is 20.9 Å². The highest BCUT2D eigenvalue weighted by molar-refractivity contribution is 5.95. The van der Waals surface area contributed by atoms with Gasteiger partial charge in [-0.25, -0.2) is 0 Å². The summed E-state index contributed by atoms with van der Waals surface area (Å²) in [4.78, 5) is 37.7. The average Bonchev–Trinajstić information content (AvgIpc) is 2.64. The van der Waals surface area contributed by atoms with E-state index in [1.807, 2.05) is 35.3 Å². The van der Waals surface area contributed by atoms with Crippen LogP contribution >= 0.6 is 0 Å². The Bertz CT molecular complexity index is 728. The second kappa shape index (κ2) is 8.17. The number of piperidine rings is 1. The standard InChI is InChI=1S/C20H24N2O4/c23-18-10-3-4-11-22(18)13-14-6-5-7-15(12-14)21-19(24)16-8-1-2-9-17(16)20(25)26/h1-2,5-7,12,16-17H,3-4,8-11,13H2,(H,21,24)(H,25,26). The van der Waals surface area contributed by atoms with Crippen LogP contribution in [0.5, 0.6) is 0 Å². The molecule has 2 N–H and O–H groups in total. The van der Waals surface area contributed by atoms with E-state index < -0.39 is 17.8 Å². The lowest BCUT2D eigenvalue weighted by Crippen LogP contribution is -2.35. The number of carboxylic acid groups (broad SMARTS) is 1. The van der Waals surface area contributed by atoms with E-state index in [1.54, 1.807) is 6.07 Å². The van der Waals surface area contributed by atoms with Crippen LogP contribution < -0.4 is 5.32 Å². The number of allylic oxidation sites excluding steroid dienone is 2. The third-order valence-corrected chi connectivity index (χ3v) is 5.08. The zero-order valence-corrected chi connectivity index (χ0v) is 14.7. The number of hydrogen-bond donors (Lipinski definition) is 2. The molecular formula is C20H24N2O4. The van der Waals surface area contributed by atoms with Crippen LogP contribution in [-0.4, -0.2) is 34.3 Å². The molecule has 1 aromatic rings. The fraction of sp³-hybridized carbons (Fsp3) is 0.450. The van der Waals surface area contributed by atoms with Gasteiger partial charge in [0.1, 0.15) is 0 Å². The Morgan fingerprint density at radius 3 is 2.65 bits per heavy atom. The lowest BCUT2D eigenvalue weighted by Gasteiger charge is -2.27. The molecule has 1 aliphatic heterocycles. The number of carbonyl (C=O) groups is 3. The number of carboxylic acids is 1. The maximum absolute atomic E-state index is 12.6. The van der Waals surface area contributed by atoms with Crippen LogP contribution in [0, 0.1) is 11.8 Å². The van der Waals surface area contributed by atoms with E-state index in [2.05, 4.69) is 5.32 Å². The fourth-order valence-electron chi connectivity index (χ4n) is 3.61. The Hall–Kier alpha value is -2.63. The summed E-state index contributed by atoms with van der Waals surface area (Å²) in [5.74, 6) is -2.29. The van der Waals surface area contributed by atoms with Crippen molar-refractivity contribution in [2.45, 2.75) is 38.6 Å². The molecule has 1 saturated heterocycles. The molecule has 0 spiro atoms. The Labute approximate surface area is 152 Å². The van der Waals surface area contributed by atoms with Crippen molar-refractivity contribution < 1.29 is 19.5 Å². The van der Waals surface area contributed by atoms with E-state index in [1.165, 1.54) is 0 Å². The van der Waals surface area contributed by atoms with Crippen molar-refractivity contribution in [3.63, 3.8) is 0 Å². The van der Waals surface area contributed by atoms with Gasteiger partial charge in [-0.2, -0.15) is 0 Å². The molecule has 0 bridgehead atoms. The molecule has 6 heteroatoms. The van der Waals surface area contributed by atoms with E-state index >= 15 is 0 Å². The molecule has 2 atom stereocenters. The second-order valence-electron chi connectivity index (χ2n) is 6.96. The van der Waals surface area contributed by atoms with Crippen molar-refractivity contribution in [3.8, 4) is 0 Å². The fourth-order valence-corrected chi connectivity index (χ4v) is 3.61. The van der Waals surface area contributed by atoms with Gasteiger partial charge in [0.2, 0.25) is 11.8 Å². The van der Waals surface area contributed by atoms with Crippen LogP contribution in [0.1, 0.15) is 37.7 Å². The predicted octanol–water partition coefficient (Wildman–Crippen LogP) is 2.80. The number of anilines is 1. The molecule has 0 saturated carbocycles. The van der Waals surface area contributed by atoms with Crippen LogP contribution in [0.3, 0.4) is 0 Å². The van der Waals surface area contributed by atoms with Gasteiger partial charge in [0, 0.05) is 25.2 Å². The zero-order chi connectivity index (χ0) is 18.5. The zero-order valence-electron chi connectivity index (χ0n) is 14.7. The van der Waals surface area contributed by atoms with E-state index in [9.17, 15) is 19.5 Å². The average molecular weight is 356 g/mol. The Morgan fingerprint density at radius 2 is 1.92 bits per heavy atom. The number of rotatable bonds is 5. The summed E-state index contributed by atoms with van der Waals surface area (Å²) in [6.07, 6.45) is 7.07. The molecule has 1 aromatic carbocycles. The van der Waals surface area contributed by atoms with Gasteiger partial charge < -0.3 is 15.3 Å². The first-order chi connectivity index (χ1) is 12.5. The number of benzene rings is 1. The van der Waals surface area contributed by atoms with E-state index in [0.717, 1.165) is 24.9 Å². The van der Waals surface area contributed by atoms with Gasteiger partial charge in [-0.3, -0.25) is 14.4 Å². The van der Waals surface area contributed by atoms with Gasteiger partial charge >= 0.3 is 5.97 Å². The first-order valence-electron chi connectivity index (χ1n) is 9.10. The number of amides is 2. The van der Waals surface area contributed by atoms with Crippen LogP contribution in [0.25, 0.3) is 0 Å². The molecule has 0 radical (unpaired) electrons. The molecule has 1 fully saturated rings. The Morgan fingerprint density at radius 1 is 1.15 bits per heavy atom. The number of likely N-dealkylation sites (tertiary alicyclic amines) is 1. The second-order valence-corrected chi connectivity index (χ2v) is 6.96. The molecule has 1 aliphatic carbocycles. The number of nitrogens with one attached hydrogen (secondary N) is 1. The molecule has 138 valence electrons. The minimum atomic E-state index is -0.938. The summed E-state index contributed by atoms with van der Waals surface area (Å²) in [5, 5.41) is 12.2. The smallest absolute Gasteiger partial charge is 0.307 e. The number of nitrogens with zero attached hydrogens (tertiary/aromatic N) is 1. The van der Waals surface area contributed by atoms with Gasteiger partial charge in [0.25, 0.3) is 0 Å². The van der Waals surface area contributed by atoms with E-state index in [-0.39, 0.29) is 11.8 Å². The Kier molecular flexibility index (Phi) is 5.71. The summed E-state index contributed by atoms with van der Waals surface area (Å²) in [7, 11) is 0. The van der Waals surface area contributed by atoms with Crippen molar-refractivity contribution in [1.82, 2.24) is 4.90 Å². The number of hydrogen-bond acceptors (Lipinski definition) is 3. The van der Waals surface area contributed by atoms with E-state index in [4.69, 9.17) is 0 Å². The van der Waals surface area contributed by atoms with Gasteiger partial charge in [-0.15, -0.1) is 0 Å². The van der Waals surface area contributed by atoms with Gasteiger partial charge in [0.15, 0.2) is 0 Å². The van der Waals surface area contributed by atoms with E-state index in [0.29, 0.717) is 31.5 Å². The van der Waals surface area contributed by atoms with Crippen molar-refractivity contribution in [1.29, 1.82) is 0 Å². The molecule has 2 aliphatic rings. The third kappa shape index (κ3) is 4.31. The minimum Gasteiger partial charge on any atom is -0.481 e. The summed E-state index contributed by atoms with van der Waals surface area (Å²) < 4.78 is 0. The first kappa shape index (κ1) is 18.2. The lowest BCUT2D eigenvalue weighted by molar-refractivity contribution is -0.146. The molecule has 26 heavy (non-hydrogen) atoms. The third-order valence-electron chi connectivity index (χ3n) is 5.08. The molecule has 2 amide bonds. The molecule has 6 nitrogen and oxygen atoms in total. The van der Waals surface area contributed by atoms with Crippen LogP contribution in [0.2, 0.25) is 0 Å². The monoisotopic (exact) mass is 356 g/mol. The molecule has 3 rings (SSSR count). The SMILES string of the molecule is O=C(O)C1CC=CCC1C(=O)Nc1cccc(CN2CCCCC2=O)c1. The van der Waals surface area contributed by atoms with Crippen LogP contribution in [0.15, 0.2) is 36.4 Å². The topological polar surface area (TPSA) is 86.7 Å². The Balaban J connectivity index is 1.66. The van der Waals surface area contributed by atoms with Crippen LogP contribution in [0.4, 0.5) is 5.69 Å². The molecule has 0 aromatic heterocycles. The molecular weight excluding hydrogens is 332 g/mol. The first-order valence-corrected chi connectivity index (χ1v) is 9.10. The largest absolute Gasteiger partial charge is 0.481 e. The highest BCUT2D eigenvalue weighted by atomic mass is 16.4. The maximum Gasteiger partial charge on any atom is 0.307 e. The summed E-state index contributed by atoms with van der Waals surface area (Å²) in [6, 6.07) is 7.41. The van der Waals surface area contributed by atoms with Crippen molar-refractivity contribution in [2.75, 3.05) is 11.9 Å². The quantitative estimate of drug-likeness (QED) is 0.794.